The van der Waals surface area contributed by atoms with Crippen molar-refractivity contribution < 1.29 is 14.3 Å². The zero-order chi connectivity index (χ0) is 20.0. The summed E-state index contributed by atoms with van der Waals surface area (Å²) in [4.78, 5) is 15.7. The van der Waals surface area contributed by atoms with Gasteiger partial charge in [0.2, 0.25) is 5.91 Å². The number of carbonyl (C=O) groups excluding carboxylic acids is 1. The van der Waals surface area contributed by atoms with E-state index in [1.165, 1.54) is 0 Å². The molecule has 0 aliphatic rings. The van der Waals surface area contributed by atoms with Gasteiger partial charge in [0.15, 0.2) is 11.5 Å². The van der Waals surface area contributed by atoms with E-state index in [2.05, 4.69) is 0 Å². The van der Waals surface area contributed by atoms with Gasteiger partial charge in [0, 0.05) is 24.5 Å². The lowest BCUT2D eigenvalue weighted by Gasteiger charge is -2.26. The van der Waals surface area contributed by atoms with Crippen LogP contribution in [0.5, 0.6) is 11.5 Å². The Morgan fingerprint density at radius 1 is 1.15 bits per heavy atom. The number of nitrogens with zero attached hydrogens (tertiary/aromatic N) is 1. The van der Waals surface area contributed by atoms with Crippen LogP contribution in [0, 0.1) is 5.92 Å². The molecular formula is C21H28N2O3S. The summed E-state index contributed by atoms with van der Waals surface area (Å²) in [6, 6.07) is 13.2. The van der Waals surface area contributed by atoms with Crippen molar-refractivity contribution in [2.45, 2.75) is 24.4 Å². The zero-order valence-electron chi connectivity index (χ0n) is 16.6. The minimum Gasteiger partial charge on any atom is -0.493 e. The molecule has 2 aromatic rings. The van der Waals surface area contributed by atoms with E-state index in [1.807, 2.05) is 55.6 Å². The monoisotopic (exact) mass is 388 g/mol. The van der Waals surface area contributed by atoms with E-state index < -0.39 is 0 Å². The zero-order valence-corrected chi connectivity index (χ0v) is 17.4. The predicted octanol–water partition coefficient (Wildman–Crippen LogP) is 3.72. The molecule has 5 nitrogen and oxygen atoms in total. The van der Waals surface area contributed by atoms with Crippen LogP contribution in [-0.4, -0.2) is 38.3 Å². The fraction of sp³-hybridized carbons (Fsp3) is 0.381. The lowest BCUT2D eigenvalue weighted by Crippen LogP contribution is -2.36. The topological polar surface area (TPSA) is 64.8 Å². The summed E-state index contributed by atoms with van der Waals surface area (Å²) in [6.45, 7) is 2.35. The van der Waals surface area contributed by atoms with Crippen LogP contribution in [0.3, 0.4) is 0 Å². The van der Waals surface area contributed by atoms with Crippen LogP contribution in [0.4, 0.5) is 0 Å². The van der Waals surface area contributed by atoms with Crippen LogP contribution in [0.25, 0.3) is 0 Å². The lowest BCUT2D eigenvalue weighted by molar-refractivity contribution is -0.134. The number of benzene rings is 2. The summed E-state index contributed by atoms with van der Waals surface area (Å²) in [5.41, 5.74) is 8.29. The van der Waals surface area contributed by atoms with E-state index in [-0.39, 0.29) is 17.9 Å². The Hall–Kier alpha value is -2.18. The van der Waals surface area contributed by atoms with Crippen molar-refractivity contribution in [1.82, 2.24) is 4.90 Å². The first-order valence-corrected chi connectivity index (χ1v) is 9.99. The summed E-state index contributed by atoms with van der Waals surface area (Å²) in [5, 5.41) is 0. The van der Waals surface area contributed by atoms with Crippen LogP contribution in [0.2, 0.25) is 0 Å². The van der Waals surface area contributed by atoms with Gasteiger partial charge in [0.05, 0.1) is 20.1 Å². The number of ether oxygens (including phenoxy) is 2. The molecule has 2 atom stereocenters. The molecule has 2 unspecified atom stereocenters. The third-order valence-electron chi connectivity index (χ3n) is 4.68. The number of carbonyl (C=O) groups is 1. The summed E-state index contributed by atoms with van der Waals surface area (Å²) in [6.07, 6.45) is 2.00. The van der Waals surface area contributed by atoms with Crippen molar-refractivity contribution in [2.24, 2.45) is 11.7 Å². The third kappa shape index (κ3) is 4.96. The Bertz CT molecular complexity index is 768. The number of nitrogens with two attached hydrogens (primary N) is 1. The molecule has 1 amide bonds. The minimum absolute atomic E-state index is 0.00758. The van der Waals surface area contributed by atoms with E-state index in [1.54, 1.807) is 37.9 Å². The second-order valence-electron chi connectivity index (χ2n) is 6.44. The SMILES string of the molecule is COc1cc(CN(C)C(=O)C(C)C(N)c2ccccc2)c(SC)cc1OC. The molecule has 0 heterocycles. The lowest BCUT2D eigenvalue weighted by atomic mass is 9.94. The maximum Gasteiger partial charge on any atom is 0.227 e. The molecule has 0 aliphatic carbocycles. The maximum absolute atomic E-state index is 12.9. The fourth-order valence-electron chi connectivity index (χ4n) is 3.01. The molecule has 0 spiro atoms. The maximum atomic E-state index is 12.9. The van der Waals surface area contributed by atoms with Crippen LogP contribution in [0.1, 0.15) is 24.1 Å². The predicted molar refractivity (Wildman–Crippen MR) is 110 cm³/mol. The van der Waals surface area contributed by atoms with Crippen molar-refractivity contribution in [3.8, 4) is 11.5 Å². The second kappa shape index (κ2) is 9.67. The molecule has 146 valence electrons. The Labute approximate surface area is 165 Å². The Morgan fingerprint density at radius 3 is 2.30 bits per heavy atom. The normalized spacial score (nSPS) is 13.0. The standard InChI is InChI=1S/C21H28N2O3S/c1-14(20(22)15-9-7-6-8-10-15)21(24)23(2)13-16-11-17(25-3)18(26-4)12-19(16)27-5/h6-12,14,20H,13,22H2,1-5H3. The minimum atomic E-state index is -0.341. The highest BCUT2D eigenvalue weighted by Gasteiger charge is 2.25. The highest BCUT2D eigenvalue weighted by atomic mass is 32.2. The van der Waals surface area contributed by atoms with Crippen LogP contribution in [-0.2, 0) is 11.3 Å². The average Bonchev–Trinajstić information content (AvgIpc) is 2.72. The van der Waals surface area contributed by atoms with E-state index >= 15 is 0 Å². The first kappa shape index (κ1) is 21.1. The highest BCUT2D eigenvalue weighted by Crippen LogP contribution is 2.35. The number of amides is 1. The van der Waals surface area contributed by atoms with Gasteiger partial charge in [0.1, 0.15) is 0 Å². The third-order valence-corrected chi connectivity index (χ3v) is 5.50. The molecule has 0 bridgehead atoms. The van der Waals surface area contributed by atoms with Gasteiger partial charge in [-0.2, -0.15) is 0 Å². The first-order chi connectivity index (χ1) is 12.9. The van der Waals surface area contributed by atoms with E-state index in [0.29, 0.717) is 18.0 Å². The van der Waals surface area contributed by atoms with Crippen molar-refractivity contribution in [3.63, 3.8) is 0 Å². The quantitative estimate of drug-likeness (QED) is 0.698. The van der Waals surface area contributed by atoms with Crippen molar-refractivity contribution in [2.75, 3.05) is 27.5 Å². The largest absolute Gasteiger partial charge is 0.493 e. The van der Waals surface area contributed by atoms with Crippen LogP contribution >= 0.6 is 11.8 Å². The van der Waals surface area contributed by atoms with Gasteiger partial charge in [0.25, 0.3) is 0 Å². The molecule has 2 N–H and O–H groups in total. The van der Waals surface area contributed by atoms with Gasteiger partial charge in [-0.05, 0) is 29.5 Å². The van der Waals surface area contributed by atoms with Gasteiger partial charge in [-0.25, -0.2) is 0 Å². The smallest absolute Gasteiger partial charge is 0.227 e. The van der Waals surface area contributed by atoms with Crippen molar-refractivity contribution in [3.05, 3.63) is 53.6 Å². The molecular weight excluding hydrogens is 360 g/mol. The Morgan fingerprint density at radius 2 is 1.74 bits per heavy atom. The fourth-order valence-corrected chi connectivity index (χ4v) is 3.63. The van der Waals surface area contributed by atoms with Gasteiger partial charge >= 0.3 is 0 Å². The van der Waals surface area contributed by atoms with Gasteiger partial charge in [-0.15, -0.1) is 11.8 Å². The number of hydrogen-bond acceptors (Lipinski definition) is 5. The van der Waals surface area contributed by atoms with E-state index in [4.69, 9.17) is 15.2 Å². The molecule has 0 fully saturated rings. The molecule has 0 saturated heterocycles. The Kier molecular flexibility index (Phi) is 7.56. The van der Waals surface area contributed by atoms with E-state index in [9.17, 15) is 4.79 Å². The Balaban J connectivity index is 2.18. The molecule has 2 aromatic carbocycles. The molecule has 2 rings (SSSR count). The molecule has 0 saturated carbocycles. The number of methoxy groups -OCH3 is 2. The first-order valence-electron chi connectivity index (χ1n) is 8.77. The number of hydrogen-bond donors (Lipinski definition) is 1. The summed E-state index contributed by atoms with van der Waals surface area (Å²) in [5.74, 6) is 1.02. The van der Waals surface area contributed by atoms with Gasteiger partial charge < -0.3 is 20.1 Å². The average molecular weight is 389 g/mol. The number of rotatable bonds is 8. The number of thioether (sulfide) groups is 1. The highest BCUT2D eigenvalue weighted by molar-refractivity contribution is 7.98. The molecule has 0 aliphatic heterocycles. The van der Waals surface area contributed by atoms with Crippen LogP contribution in [0.15, 0.2) is 47.4 Å². The summed E-state index contributed by atoms with van der Waals surface area (Å²) < 4.78 is 10.8. The van der Waals surface area contributed by atoms with E-state index in [0.717, 1.165) is 16.0 Å². The van der Waals surface area contributed by atoms with Crippen LogP contribution < -0.4 is 15.2 Å². The van der Waals surface area contributed by atoms with Crippen molar-refractivity contribution in [1.29, 1.82) is 0 Å². The second-order valence-corrected chi connectivity index (χ2v) is 7.29. The summed E-state index contributed by atoms with van der Waals surface area (Å²) >= 11 is 1.61. The molecule has 6 heteroatoms. The van der Waals surface area contributed by atoms with Gasteiger partial charge in [-0.3, -0.25) is 4.79 Å². The van der Waals surface area contributed by atoms with Crippen molar-refractivity contribution >= 4 is 17.7 Å². The molecule has 27 heavy (non-hydrogen) atoms. The molecule has 0 radical (unpaired) electrons. The molecule has 0 aromatic heterocycles. The summed E-state index contributed by atoms with van der Waals surface area (Å²) in [7, 11) is 5.03. The van der Waals surface area contributed by atoms with Gasteiger partial charge in [-0.1, -0.05) is 37.3 Å².